The highest BCUT2D eigenvalue weighted by atomic mass is 35.5. The summed E-state index contributed by atoms with van der Waals surface area (Å²) in [4.78, 5) is 18.0. The molecular weight excluding hydrogens is 310 g/mol. The minimum absolute atomic E-state index is 0.109. The number of nitrogens with one attached hydrogen (secondary N) is 1. The summed E-state index contributed by atoms with van der Waals surface area (Å²) in [6.45, 7) is 1.54. The van der Waals surface area contributed by atoms with E-state index < -0.39 is 0 Å². The lowest BCUT2D eigenvalue weighted by atomic mass is 9.94. The number of pyridine rings is 1. The van der Waals surface area contributed by atoms with Gasteiger partial charge in [-0.1, -0.05) is 23.7 Å². The van der Waals surface area contributed by atoms with Crippen LogP contribution in [0.15, 0.2) is 48.8 Å². The van der Waals surface area contributed by atoms with Crippen LogP contribution in [0.4, 0.5) is 0 Å². The molecule has 1 saturated heterocycles. The predicted molar refractivity (Wildman–Crippen MR) is 91.0 cm³/mol. The van der Waals surface area contributed by atoms with Crippen molar-refractivity contribution in [3.05, 3.63) is 64.9 Å². The molecular formula is C18H20ClN3O. The van der Waals surface area contributed by atoms with Gasteiger partial charge in [-0.25, -0.2) is 0 Å². The zero-order valence-corrected chi connectivity index (χ0v) is 13.8. The van der Waals surface area contributed by atoms with E-state index in [1.54, 1.807) is 12.4 Å². The van der Waals surface area contributed by atoms with Gasteiger partial charge >= 0.3 is 0 Å². The zero-order chi connectivity index (χ0) is 16.2. The number of halogens is 1. The van der Waals surface area contributed by atoms with Crippen molar-refractivity contribution < 1.29 is 4.79 Å². The molecule has 23 heavy (non-hydrogen) atoms. The van der Waals surface area contributed by atoms with Crippen molar-refractivity contribution in [2.24, 2.45) is 5.92 Å². The van der Waals surface area contributed by atoms with Crippen LogP contribution in [0.1, 0.15) is 23.6 Å². The van der Waals surface area contributed by atoms with Crippen molar-refractivity contribution in [1.82, 2.24) is 15.2 Å². The molecule has 1 aromatic heterocycles. The molecule has 0 aliphatic carbocycles. The fraction of sp³-hybridized carbons (Fsp3) is 0.333. The Bertz CT molecular complexity index is 677. The van der Waals surface area contributed by atoms with Gasteiger partial charge in [-0.3, -0.25) is 9.78 Å². The second kappa shape index (κ2) is 7.11. The number of nitrogens with zero attached hydrogens (tertiary/aromatic N) is 2. The molecule has 2 heterocycles. The summed E-state index contributed by atoms with van der Waals surface area (Å²) in [6, 6.07) is 11.9. The van der Waals surface area contributed by atoms with Crippen molar-refractivity contribution >= 4 is 17.5 Å². The molecule has 0 unspecified atom stereocenters. The van der Waals surface area contributed by atoms with E-state index in [2.05, 4.69) is 10.3 Å². The van der Waals surface area contributed by atoms with Crippen molar-refractivity contribution in [2.75, 3.05) is 13.6 Å². The summed E-state index contributed by atoms with van der Waals surface area (Å²) in [7, 11) is 1.88. The summed E-state index contributed by atoms with van der Waals surface area (Å²) in [6.07, 6.45) is 4.14. The van der Waals surface area contributed by atoms with Gasteiger partial charge in [-0.2, -0.15) is 0 Å². The van der Waals surface area contributed by atoms with E-state index in [0.717, 1.165) is 29.2 Å². The first kappa shape index (κ1) is 16.0. The van der Waals surface area contributed by atoms with Gasteiger partial charge in [0, 0.05) is 49.9 Å². The molecule has 5 heteroatoms. The average molecular weight is 330 g/mol. The van der Waals surface area contributed by atoms with Gasteiger partial charge in [-0.05, 0) is 35.4 Å². The van der Waals surface area contributed by atoms with Crippen LogP contribution in [0.2, 0.25) is 5.02 Å². The third-order valence-electron chi connectivity index (χ3n) is 4.37. The quantitative estimate of drug-likeness (QED) is 0.917. The molecule has 1 amide bonds. The highest BCUT2D eigenvalue weighted by molar-refractivity contribution is 6.30. The molecule has 4 nitrogen and oxygen atoms in total. The maximum Gasteiger partial charge on any atom is 0.223 e. The fourth-order valence-electron chi connectivity index (χ4n) is 3.24. The Labute approximate surface area is 141 Å². The van der Waals surface area contributed by atoms with Gasteiger partial charge in [0.25, 0.3) is 0 Å². The van der Waals surface area contributed by atoms with Crippen LogP contribution in [-0.2, 0) is 11.3 Å². The normalized spacial score (nSPS) is 21.0. The van der Waals surface area contributed by atoms with Crippen molar-refractivity contribution in [1.29, 1.82) is 0 Å². The monoisotopic (exact) mass is 329 g/mol. The Balaban J connectivity index is 1.65. The number of carbonyl (C=O) groups is 1. The molecule has 2 aromatic rings. The van der Waals surface area contributed by atoms with Crippen LogP contribution in [0.3, 0.4) is 0 Å². The summed E-state index contributed by atoms with van der Waals surface area (Å²) < 4.78 is 0. The van der Waals surface area contributed by atoms with Crippen LogP contribution in [0.5, 0.6) is 0 Å². The van der Waals surface area contributed by atoms with Crippen molar-refractivity contribution in [3.8, 4) is 0 Å². The molecule has 1 aromatic carbocycles. The van der Waals surface area contributed by atoms with E-state index >= 15 is 0 Å². The third kappa shape index (κ3) is 3.71. The molecule has 3 rings (SSSR count). The summed E-state index contributed by atoms with van der Waals surface area (Å²) in [5, 5.41) is 4.20. The number of hydrogen-bond acceptors (Lipinski definition) is 3. The topological polar surface area (TPSA) is 45.2 Å². The third-order valence-corrected chi connectivity index (χ3v) is 4.60. The summed E-state index contributed by atoms with van der Waals surface area (Å²) >= 11 is 6.01. The number of hydrogen-bond donors (Lipinski definition) is 1. The highest BCUT2D eigenvalue weighted by Gasteiger charge is 2.37. The van der Waals surface area contributed by atoms with Gasteiger partial charge in [0.05, 0.1) is 6.04 Å². The van der Waals surface area contributed by atoms with Gasteiger partial charge < -0.3 is 10.2 Å². The van der Waals surface area contributed by atoms with E-state index in [1.165, 1.54) is 0 Å². The number of likely N-dealkylation sites (tertiary alicyclic amines) is 1. The van der Waals surface area contributed by atoms with E-state index in [9.17, 15) is 4.79 Å². The standard InChI is InChI=1S/C18H20ClN3O/c1-22-17(23)10-15(18(22)14-5-7-20-8-6-14)12-21-11-13-3-2-4-16(19)9-13/h2-9,15,18,21H,10-12H2,1H3/t15-,18-/m0/s1. The van der Waals surface area contributed by atoms with Crippen LogP contribution in [0, 0.1) is 5.92 Å². The smallest absolute Gasteiger partial charge is 0.223 e. The van der Waals surface area contributed by atoms with Gasteiger partial charge in [0.2, 0.25) is 5.91 Å². The van der Waals surface area contributed by atoms with E-state index in [0.29, 0.717) is 6.42 Å². The van der Waals surface area contributed by atoms with Crippen LogP contribution in [-0.4, -0.2) is 29.4 Å². The van der Waals surface area contributed by atoms with Crippen molar-refractivity contribution in [3.63, 3.8) is 0 Å². The number of amides is 1. The molecule has 0 radical (unpaired) electrons. The van der Waals surface area contributed by atoms with Gasteiger partial charge in [0.15, 0.2) is 0 Å². The second-order valence-electron chi connectivity index (χ2n) is 5.96. The Hall–Kier alpha value is -1.91. The van der Waals surface area contributed by atoms with Gasteiger partial charge in [-0.15, -0.1) is 0 Å². The largest absolute Gasteiger partial charge is 0.338 e. The van der Waals surface area contributed by atoms with Crippen LogP contribution >= 0.6 is 11.6 Å². The molecule has 1 aliphatic heterocycles. The average Bonchev–Trinajstić information content (AvgIpc) is 2.83. The number of carbonyl (C=O) groups excluding carboxylic acids is 1. The van der Waals surface area contributed by atoms with Crippen LogP contribution < -0.4 is 5.32 Å². The molecule has 1 aliphatic rings. The highest BCUT2D eigenvalue weighted by Crippen LogP contribution is 2.36. The fourth-order valence-corrected chi connectivity index (χ4v) is 3.45. The van der Waals surface area contributed by atoms with E-state index in [4.69, 9.17) is 11.6 Å². The van der Waals surface area contributed by atoms with Crippen molar-refractivity contribution in [2.45, 2.75) is 19.0 Å². The molecule has 0 saturated carbocycles. The Morgan fingerprint density at radius 1 is 1.30 bits per heavy atom. The summed E-state index contributed by atoms with van der Waals surface area (Å²) in [5.74, 6) is 0.454. The summed E-state index contributed by atoms with van der Waals surface area (Å²) in [5.41, 5.74) is 2.29. The Kier molecular flexibility index (Phi) is 4.94. The number of benzene rings is 1. The minimum atomic E-state index is 0.109. The lowest BCUT2D eigenvalue weighted by Gasteiger charge is -2.25. The van der Waals surface area contributed by atoms with E-state index in [-0.39, 0.29) is 17.9 Å². The SMILES string of the molecule is CN1C(=O)C[C@@H](CNCc2cccc(Cl)c2)[C@@H]1c1ccncc1. The number of aromatic nitrogens is 1. The second-order valence-corrected chi connectivity index (χ2v) is 6.39. The Morgan fingerprint density at radius 2 is 2.09 bits per heavy atom. The first-order valence-corrected chi connectivity index (χ1v) is 8.13. The minimum Gasteiger partial charge on any atom is -0.338 e. The first-order valence-electron chi connectivity index (χ1n) is 7.76. The van der Waals surface area contributed by atoms with E-state index in [1.807, 2.05) is 48.3 Å². The molecule has 1 N–H and O–H groups in total. The molecule has 120 valence electrons. The lowest BCUT2D eigenvalue weighted by Crippen LogP contribution is -2.29. The molecule has 0 spiro atoms. The van der Waals surface area contributed by atoms with Gasteiger partial charge in [0.1, 0.15) is 0 Å². The maximum absolute atomic E-state index is 12.1. The lowest BCUT2D eigenvalue weighted by molar-refractivity contribution is -0.127. The Morgan fingerprint density at radius 3 is 2.83 bits per heavy atom. The molecule has 0 bridgehead atoms. The van der Waals surface area contributed by atoms with Crippen LogP contribution in [0.25, 0.3) is 0 Å². The zero-order valence-electron chi connectivity index (χ0n) is 13.1. The predicted octanol–water partition coefficient (Wildman–Crippen LogP) is 3.04. The first-order chi connectivity index (χ1) is 11.1. The number of rotatable bonds is 5. The molecule has 2 atom stereocenters. The maximum atomic E-state index is 12.1. The molecule has 1 fully saturated rings.